The first-order chi connectivity index (χ1) is 11.5. The molecule has 2 heterocycles. The highest BCUT2D eigenvalue weighted by molar-refractivity contribution is 6.01. The van der Waals surface area contributed by atoms with Crippen molar-refractivity contribution in [2.45, 2.75) is 43.7 Å². The summed E-state index contributed by atoms with van der Waals surface area (Å²) in [7, 11) is 0. The van der Waals surface area contributed by atoms with Crippen molar-refractivity contribution in [2.24, 2.45) is 23.5 Å². The minimum Gasteiger partial charge on any atom is -0.390 e. The maximum absolute atomic E-state index is 11.9. The van der Waals surface area contributed by atoms with Gasteiger partial charge >= 0.3 is 0 Å². The lowest BCUT2D eigenvalue weighted by Crippen LogP contribution is -2.59. The maximum atomic E-state index is 11.9. The van der Waals surface area contributed by atoms with Gasteiger partial charge in [0.25, 0.3) is 5.91 Å². The highest BCUT2D eigenvalue weighted by Crippen LogP contribution is 2.56. The van der Waals surface area contributed by atoms with Gasteiger partial charge in [0.2, 0.25) is 0 Å². The quantitative estimate of drug-likeness (QED) is 0.801. The predicted octanol–water partition coefficient (Wildman–Crippen LogP) is 1.78. The molecule has 5 atom stereocenters. The van der Waals surface area contributed by atoms with Crippen LogP contribution in [0.25, 0.3) is 5.52 Å². The first kappa shape index (κ1) is 14.3. The molecule has 24 heavy (non-hydrogen) atoms. The van der Waals surface area contributed by atoms with Crippen molar-refractivity contribution in [1.29, 1.82) is 0 Å². The van der Waals surface area contributed by atoms with Gasteiger partial charge in [-0.1, -0.05) is 0 Å². The molecule has 2 aromatic heterocycles. The van der Waals surface area contributed by atoms with Crippen molar-refractivity contribution in [3.8, 4) is 0 Å². The molecule has 6 heteroatoms. The Balaban J connectivity index is 1.54. The molecule has 6 nitrogen and oxygen atoms in total. The van der Waals surface area contributed by atoms with E-state index in [0.29, 0.717) is 29.4 Å². The molecule has 0 saturated heterocycles. The zero-order chi connectivity index (χ0) is 16.5. The fourth-order valence-electron chi connectivity index (χ4n) is 5.72. The second-order valence-corrected chi connectivity index (χ2v) is 8.00. The van der Waals surface area contributed by atoms with Crippen molar-refractivity contribution < 1.29 is 9.90 Å². The van der Waals surface area contributed by atoms with Crippen LogP contribution in [0.3, 0.4) is 0 Å². The lowest BCUT2D eigenvalue weighted by atomic mass is 9.52. The summed E-state index contributed by atoms with van der Waals surface area (Å²) in [6.45, 7) is 0. The van der Waals surface area contributed by atoms with E-state index >= 15 is 0 Å². The van der Waals surface area contributed by atoms with Crippen molar-refractivity contribution >= 4 is 17.1 Å². The van der Waals surface area contributed by atoms with Crippen LogP contribution >= 0.6 is 0 Å². The molecular weight excluding hydrogens is 304 g/mol. The van der Waals surface area contributed by atoms with E-state index in [1.807, 2.05) is 18.3 Å². The molecule has 4 aliphatic carbocycles. The molecule has 3 unspecified atom stereocenters. The van der Waals surface area contributed by atoms with Gasteiger partial charge in [-0.05, 0) is 62.0 Å². The summed E-state index contributed by atoms with van der Waals surface area (Å²) in [6, 6.07) is 4.16. The normalized spacial score (nSPS) is 37.0. The summed E-state index contributed by atoms with van der Waals surface area (Å²) in [5, 5.41) is 18.7. The van der Waals surface area contributed by atoms with Crippen molar-refractivity contribution in [3.63, 3.8) is 0 Å². The molecule has 2 aromatic rings. The van der Waals surface area contributed by atoms with E-state index in [1.54, 1.807) is 10.7 Å². The lowest BCUT2D eigenvalue weighted by Gasteiger charge is -2.58. The van der Waals surface area contributed by atoms with Crippen LogP contribution in [-0.4, -0.2) is 32.3 Å². The number of hydrogen-bond donors (Lipinski definition) is 3. The molecule has 126 valence electrons. The van der Waals surface area contributed by atoms with Gasteiger partial charge in [0.15, 0.2) is 0 Å². The number of rotatable bonds is 3. The number of aromatic nitrogens is 2. The van der Waals surface area contributed by atoms with E-state index in [4.69, 9.17) is 5.73 Å². The molecule has 4 saturated carbocycles. The van der Waals surface area contributed by atoms with Crippen molar-refractivity contribution in [1.82, 2.24) is 9.61 Å². The third-order valence-corrected chi connectivity index (χ3v) is 6.38. The molecule has 0 spiro atoms. The predicted molar refractivity (Wildman–Crippen MR) is 89.6 cm³/mol. The van der Waals surface area contributed by atoms with Gasteiger partial charge in [0.1, 0.15) is 0 Å². The number of nitrogens with two attached hydrogens (primary N) is 1. The summed E-state index contributed by atoms with van der Waals surface area (Å²) in [4.78, 5) is 11.9. The van der Waals surface area contributed by atoms with E-state index in [9.17, 15) is 9.90 Å². The van der Waals surface area contributed by atoms with Gasteiger partial charge < -0.3 is 16.2 Å². The molecule has 4 bridgehead atoms. The number of primary amides is 1. The molecule has 4 N–H and O–H groups in total. The zero-order valence-electron chi connectivity index (χ0n) is 13.5. The van der Waals surface area contributed by atoms with Gasteiger partial charge in [-0.25, -0.2) is 4.52 Å². The third kappa shape index (κ3) is 1.99. The fourth-order valence-corrected chi connectivity index (χ4v) is 5.72. The summed E-state index contributed by atoms with van der Waals surface area (Å²) >= 11 is 0. The Labute approximate surface area is 140 Å². The SMILES string of the molecule is NC(=O)c1cnn2cccc2c1NC1[C@@H]2CC3C[C@H]1CC(O)(C3)C2. The largest absolute Gasteiger partial charge is 0.390 e. The van der Waals surface area contributed by atoms with Gasteiger partial charge in [-0.3, -0.25) is 4.79 Å². The number of carbonyl (C=O) groups is 1. The Bertz CT molecular complexity index is 814. The van der Waals surface area contributed by atoms with Gasteiger partial charge in [-0.15, -0.1) is 0 Å². The van der Waals surface area contributed by atoms with E-state index in [1.165, 1.54) is 12.8 Å². The van der Waals surface area contributed by atoms with Crippen LogP contribution in [0.5, 0.6) is 0 Å². The molecule has 6 rings (SSSR count). The molecular formula is C18H22N4O2. The van der Waals surface area contributed by atoms with E-state index in [2.05, 4.69) is 10.4 Å². The molecule has 0 aliphatic heterocycles. The summed E-state index contributed by atoms with van der Waals surface area (Å²) in [5.74, 6) is 1.12. The Morgan fingerprint density at radius 1 is 1.33 bits per heavy atom. The van der Waals surface area contributed by atoms with Crippen LogP contribution in [0.15, 0.2) is 24.5 Å². The monoisotopic (exact) mass is 326 g/mol. The smallest absolute Gasteiger partial charge is 0.252 e. The lowest BCUT2D eigenvalue weighted by molar-refractivity contribution is -0.129. The number of hydrogen-bond acceptors (Lipinski definition) is 4. The topological polar surface area (TPSA) is 92.7 Å². The van der Waals surface area contributed by atoms with Gasteiger partial charge in [0.05, 0.1) is 28.6 Å². The van der Waals surface area contributed by atoms with Crippen LogP contribution in [0.1, 0.15) is 42.5 Å². The second-order valence-electron chi connectivity index (χ2n) is 8.00. The zero-order valence-corrected chi connectivity index (χ0v) is 13.5. The third-order valence-electron chi connectivity index (χ3n) is 6.38. The van der Waals surface area contributed by atoms with Crippen LogP contribution < -0.4 is 11.1 Å². The Hall–Kier alpha value is -2.08. The Morgan fingerprint density at radius 2 is 2.08 bits per heavy atom. The molecule has 4 fully saturated rings. The summed E-state index contributed by atoms with van der Waals surface area (Å²) in [6.07, 6.45) is 8.46. The van der Waals surface area contributed by atoms with Crippen molar-refractivity contribution in [2.75, 3.05) is 5.32 Å². The number of anilines is 1. The number of nitrogens with zero attached hydrogens (tertiary/aromatic N) is 2. The summed E-state index contributed by atoms with van der Waals surface area (Å²) < 4.78 is 1.76. The highest BCUT2D eigenvalue weighted by Gasteiger charge is 2.54. The minimum atomic E-state index is -0.462. The molecule has 1 amide bonds. The van der Waals surface area contributed by atoms with E-state index in [0.717, 1.165) is 30.5 Å². The van der Waals surface area contributed by atoms with Crippen LogP contribution in [0.2, 0.25) is 0 Å². The Kier molecular flexibility index (Phi) is 2.81. The standard InChI is InChI=1S/C18H22N4O2/c19-17(23)13-9-20-22-3-1-2-14(22)16(13)21-15-11-4-10-5-12(15)8-18(24,6-10)7-11/h1-3,9-12,15,21,24H,4-8H2,(H2,19,23)/t10?,11-,12+,15?,18?. The maximum Gasteiger partial charge on any atom is 0.252 e. The second kappa shape index (κ2) is 4.72. The number of aliphatic hydroxyl groups is 1. The number of amides is 1. The van der Waals surface area contributed by atoms with Gasteiger partial charge in [-0.2, -0.15) is 5.10 Å². The van der Waals surface area contributed by atoms with E-state index in [-0.39, 0.29) is 0 Å². The van der Waals surface area contributed by atoms with Gasteiger partial charge in [0, 0.05) is 12.2 Å². The van der Waals surface area contributed by atoms with Crippen molar-refractivity contribution in [3.05, 3.63) is 30.1 Å². The van der Waals surface area contributed by atoms with Crippen LogP contribution in [0, 0.1) is 17.8 Å². The average Bonchev–Trinajstić information content (AvgIpc) is 2.97. The molecule has 0 aromatic carbocycles. The average molecular weight is 326 g/mol. The number of carbonyl (C=O) groups excluding carboxylic acids is 1. The first-order valence-corrected chi connectivity index (χ1v) is 8.77. The summed E-state index contributed by atoms with van der Waals surface area (Å²) in [5.41, 5.74) is 7.22. The van der Waals surface area contributed by atoms with Crippen LogP contribution in [-0.2, 0) is 0 Å². The minimum absolute atomic E-state index is 0.293. The first-order valence-electron chi connectivity index (χ1n) is 8.77. The number of nitrogens with one attached hydrogen (secondary N) is 1. The van der Waals surface area contributed by atoms with E-state index < -0.39 is 11.5 Å². The molecule has 4 aliphatic rings. The Morgan fingerprint density at radius 3 is 2.75 bits per heavy atom. The van der Waals surface area contributed by atoms with Crippen LogP contribution in [0.4, 0.5) is 5.69 Å². The highest BCUT2D eigenvalue weighted by atomic mass is 16.3. The fraction of sp³-hybridized carbons (Fsp3) is 0.556. The number of fused-ring (bicyclic) bond motifs is 1. The molecule has 0 radical (unpaired) electrons.